The Morgan fingerprint density at radius 3 is 2.27 bits per heavy atom. The Hall–Kier alpha value is -2.49. The van der Waals surface area contributed by atoms with E-state index in [-0.39, 0.29) is 0 Å². The van der Waals surface area contributed by atoms with Gasteiger partial charge in [-0.1, -0.05) is 20.8 Å². The number of hydrogen-bond donors (Lipinski definition) is 1. The van der Waals surface area contributed by atoms with Gasteiger partial charge in [0.05, 0.1) is 11.1 Å². The molecule has 182 valence electrons. The van der Waals surface area contributed by atoms with Crippen molar-refractivity contribution in [1.82, 2.24) is 23.8 Å². The molecule has 1 unspecified atom stereocenters. The van der Waals surface area contributed by atoms with Gasteiger partial charge in [-0.25, -0.2) is 13.5 Å². The Morgan fingerprint density at radius 2 is 1.70 bits per heavy atom. The van der Waals surface area contributed by atoms with Gasteiger partial charge in [0, 0.05) is 30.9 Å². The van der Waals surface area contributed by atoms with Crippen LogP contribution in [0.1, 0.15) is 32.8 Å². The number of nitrogens with one attached hydrogen (secondary N) is 1. The molecule has 1 aromatic carbocycles. The molecule has 0 fully saturated rings. The number of benzene rings is 1. The number of aromatic nitrogens is 3. The average Bonchev–Trinajstić information content (AvgIpc) is 3.23. The van der Waals surface area contributed by atoms with E-state index in [1.807, 2.05) is 54.9 Å². The maximum Gasteiger partial charge on any atom is 0.162 e. The van der Waals surface area contributed by atoms with Crippen molar-refractivity contribution in [3.63, 3.8) is 0 Å². The van der Waals surface area contributed by atoms with Crippen LogP contribution in [0.4, 0.5) is 17.3 Å². The molecule has 2 heterocycles. The molecule has 33 heavy (non-hydrogen) atoms. The van der Waals surface area contributed by atoms with Crippen LogP contribution >= 0.6 is 0 Å². The first-order valence-corrected chi connectivity index (χ1v) is 12.6. The summed E-state index contributed by atoms with van der Waals surface area (Å²) in [6, 6.07) is 9.67. The van der Waals surface area contributed by atoms with Gasteiger partial charge in [0.25, 0.3) is 0 Å². The number of anilines is 3. The van der Waals surface area contributed by atoms with E-state index in [9.17, 15) is 4.21 Å². The molecule has 0 saturated carbocycles. The van der Waals surface area contributed by atoms with Crippen molar-refractivity contribution < 1.29 is 4.21 Å². The zero-order chi connectivity index (χ0) is 24.5. The third-order valence-electron chi connectivity index (χ3n) is 5.06. The molecule has 0 aliphatic rings. The molecule has 0 bridgehead atoms. The van der Waals surface area contributed by atoms with Crippen LogP contribution in [0.2, 0.25) is 0 Å². The minimum atomic E-state index is -1.16. The second-order valence-electron chi connectivity index (χ2n) is 8.05. The number of rotatable bonds is 10. The van der Waals surface area contributed by atoms with Gasteiger partial charge in [-0.15, -0.1) is 0 Å². The van der Waals surface area contributed by atoms with E-state index in [1.54, 1.807) is 18.4 Å². The number of aryl methyl sites for hydroxylation is 1. The summed E-state index contributed by atoms with van der Waals surface area (Å²) >= 11 is 0. The maximum absolute atomic E-state index is 12.3. The number of nitrogens with zero attached hydrogens (tertiary/aromatic N) is 6. The fourth-order valence-corrected chi connectivity index (χ4v) is 4.07. The first-order chi connectivity index (χ1) is 15.8. The molecule has 0 amide bonds. The third-order valence-corrected chi connectivity index (χ3v) is 6.40. The fourth-order valence-electron chi connectivity index (χ4n) is 3.28. The van der Waals surface area contributed by atoms with Crippen LogP contribution in [-0.2, 0) is 17.4 Å². The summed E-state index contributed by atoms with van der Waals surface area (Å²) in [6.45, 7) is 8.07. The minimum absolute atomic E-state index is 0.768. The number of hydrogen-bond acceptors (Lipinski definition) is 6. The molecule has 3 aromatic rings. The third kappa shape index (κ3) is 6.99. The number of fused-ring (bicyclic) bond motifs is 1. The van der Waals surface area contributed by atoms with Crippen molar-refractivity contribution in [2.75, 3.05) is 58.5 Å². The molecule has 1 N–H and O–H groups in total. The molecule has 8 nitrogen and oxygen atoms in total. The molecule has 1 atom stereocenters. The molecular formula is C24H39N7OS. The smallest absolute Gasteiger partial charge is 0.162 e. The summed E-state index contributed by atoms with van der Waals surface area (Å²) < 4.78 is 15.8. The summed E-state index contributed by atoms with van der Waals surface area (Å²) in [5.41, 5.74) is 2.89. The maximum atomic E-state index is 12.3. The van der Waals surface area contributed by atoms with Gasteiger partial charge >= 0.3 is 0 Å². The minimum Gasteiger partial charge on any atom is -0.359 e. The van der Waals surface area contributed by atoms with Crippen LogP contribution in [0.3, 0.4) is 0 Å². The largest absolute Gasteiger partial charge is 0.359 e. The normalized spacial score (nSPS) is 12.1. The molecule has 2 aromatic heterocycles. The van der Waals surface area contributed by atoms with Crippen molar-refractivity contribution in [3.8, 4) is 0 Å². The summed E-state index contributed by atoms with van der Waals surface area (Å²) in [6.07, 6.45) is 3.81. The highest BCUT2D eigenvalue weighted by molar-refractivity contribution is 7.82. The average molecular weight is 474 g/mol. The first-order valence-electron chi connectivity index (χ1n) is 11.5. The lowest BCUT2D eigenvalue weighted by Crippen LogP contribution is -2.24. The second-order valence-corrected chi connectivity index (χ2v) is 9.75. The molecular weight excluding hydrogens is 434 g/mol. The van der Waals surface area contributed by atoms with Crippen molar-refractivity contribution in [1.29, 1.82) is 0 Å². The van der Waals surface area contributed by atoms with E-state index < -0.39 is 11.0 Å². The second kappa shape index (κ2) is 12.7. The lowest BCUT2D eigenvalue weighted by atomic mass is 10.2. The van der Waals surface area contributed by atoms with Gasteiger partial charge in [-0.3, -0.25) is 0 Å². The monoisotopic (exact) mass is 473 g/mol. The van der Waals surface area contributed by atoms with Crippen LogP contribution in [0.25, 0.3) is 5.65 Å². The van der Waals surface area contributed by atoms with Crippen LogP contribution < -0.4 is 10.2 Å². The van der Waals surface area contributed by atoms with Gasteiger partial charge in [-0.2, -0.15) is 9.61 Å². The molecule has 0 aliphatic heterocycles. The van der Waals surface area contributed by atoms with Crippen molar-refractivity contribution >= 4 is 34.0 Å². The van der Waals surface area contributed by atoms with Crippen LogP contribution in [0, 0.1) is 0 Å². The predicted octanol–water partition coefficient (Wildman–Crippen LogP) is 4.03. The fraction of sp³-hybridized carbons (Fsp3) is 0.500. The van der Waals surface area contributed by atoms with E-state index in [4.69, 9.17) is 4.98 Å². The van der Waals surface area contributed by atoms with Gasteiger partial charge in [0.15, 0.2) is 5.65 Å². The first kappa shape index (κ1) is 26.8. The Kier molecular flexibility index (Phi) is 10.3. The van der Waals surface area contributed by atoms with Crippen molar-refractivity contribution in [3.05, 3.63) is 42.1 Å². The summed E-state index contributed by atoms with van der Waals surface area (Å²) in [5.74, 6) is 1.76. The van der Waals surface area contributed by atoms with Gasteiger partial charge in [0.1, 0.15) is 22.6 Å². The molecule has 0 saturated heterocycles. The zero-order valence-electron chi connectivity index (χ0n) is 21.3. The van der Waals surface area contributed by atoms with E-state index >= 15 is 0 Å². The summed E-state index contributed by atoms with van der Waals surface area (Å²) in [4.78, 5) is 10.0. The Balaban J connectivity index is 0.00000187. The molecule has 3 rings (SSSR count). The SMILES string of the molecule is CC.CCc1cnn2c(Nc3ccc(S(=O)N(C)C)cc3)cc(N(C)CCCN(C)C)nc12. The lowest BCUT2D eigenvalue weighted by Gasteiger charge is -2.21. The van der Waals surface area contributed by atoms with Crippen molar-refractivity contribution in [2.24, 2.45) is 0 Å². The van der Waals surface area contributed by atoms with Crippen LogP contribution in [0.5, 0.6) is 0 Å². The van der Waals surface area contributed by atoms with Gasteiger partial charge in [0.2, 0.25) is 0 Å². The highest BCUT2D eigenvalue weighted by Gasteiger charge is 2.14. The highest BCUT2D eigenvalue weighted by atomic mass is 32.2. The lowest BCUT2D eigenvalue weighted by molar-refractivity contribution is 0.401. The Labute approximate surface area is 201 Å². The van der Waals surface area contributed by atoms with E-state index in [0.717, 1.165) is 59.4 Å². The zero-order valence-corrected chi connectivity index (χ0v) is 22.1. The van der Waals surface area contributed by atoms with E-state index in [1.165, 1.54) is 0 Å². The topological polar surface area (TPSA) is 69.0 Å². The summed E-state index contributed by atoms with van der Waals surface area (Å²) in [7, 11) is 8.70. The van der Waals surface area contributed by atoms with Gasteiger partial charge in [-0.05, 0) is 71.8 Å². The molecule has 0 radical (unpaired) electrons. The Bertz CT molecular complexity index is 1030. The standard InChI is InChI=1S/C22H33N7OS.C2H6/c1-7-17-16-23-29-21(24-18-9-11-19(12-10-18)31(30)27(4)5)15-20(25-22(17)29)28(6)14-8-13-26(2)3;1-2/h9-12,15-16,24H,7-8,13-14H2,1-6H3;1-2H3. The van der Waals surface area contributed by atoms with Crippen molar-refractivity contribution in [2.45, 2.75) is 38.5 Å². The van der Waals surface area contributed by atoms with Gasteiger partial charge < -0.3 is 15.1 Å². The molecule has 0 spiro atoms. The molecule has 9 heteroatoms. The Morgan fingerprint density at radius 1 is 1.03 bits per heavy atom. The van der Waals surface area contributed by atoms with Crippen LogP contribution in [-0.4, -0.2) is 76.3 Å². The van der Waals surface area contributed by atoms with Crippen LogP contribution in [0.15, 0.2) is 41.4 Å². The summed E-state index contributed by atoms with van der Waals surface area (Å²) in [5, 5.41) is 8.01. The molecule has 0 aliphatic carbocycles. The van der Waals surface area contributed by atoms with E-state index in [0.29, 0.717) is 0 Å². The quantitative estimate of drug-likeness (QED) is 0.479. The highest BCUT2D eigenvalue weighted by Crippen LogP contribution is 2.25. The predicted molar refractivity (Wildman–Crippen MR) is 140 cm³/mol. The van der Waals surface area contributed by atoms with E-state index in [2.05, 4.69) is 48.3 Å².